The van der Waals surface area contributed by atoms with Crippen molar-refractivity contribution in [3.05, 3.63) is 87.7 Å². The maximum absolute atomic E-state index is 14.4. The highest BCUT2D eigenvalue weighted by Crippen LogP contribution is 2.38. The molecule has 0 saturated carbocycles. The van der Waals surface area contributed by atoms with E-state index in [1.54, 1.807) is 31.4 Å². The summed E-state index contributed by atoms with van der Waals surface area (Å²) in [5.74, 6) is -1.47. The Hall–Kier alpha value is -4.14. The van der Waals surface area contributed by atoms with Gasteiger partial charge in [-0.15, -0.1) is 0 Å². The number of carbonyl (C=O) groups excluding carboxylic acids is 4. The van der Waals surface area contributed by atoms with Crippen LogP contribution < -0.4 is 27.0 Å². The molecule has 0 saturated heterocycles. The summed E-state index contributed by atoms with van der Waals surface area (Å²) in [4.78, 5) is 64.9. The van der Waals surface area contributed by atoms with Crippen molar-refractivity contribution in [3.8, 4) is 0 Å². The number of hydrogen-bond acceptors (Lipinski definition) is 8. The standard InChI is InChI=1S/C37H44Cl2N8O4S/c1-41-32(48)13-12-29-34(49)46-30(11-5-6-14-40)37(51)47(2)31(17-23-20-43-28-10-4-3-9-26(23)28)35(50)45-21-24-16-25(38)18-27(39)33(24)52-36-22(19-44-29)8-7-15-42-36/h3-4,7-10,15-16,18,20,29-31,43-44H,5-6,11-14,17,19,21,40H2,1-2H3,(H,41,48)(H,45,50)(H,46,49)/t29-,30-,31-/m0/s1. The number of benzene rings is 2. The maximum atomic E-state index is 14.4. The molecule has 0 bridgehead atoms. The average Bonchev–Trinajstić information content (AvgIpc) is 3.55. The number of aromatic nitrogens is 2. The van der Waals surface area contributed by atoms with Gasteiger partial charge in [-0.1, -0.05) is 59.2 Å². The van der Waals surface area contributed by atoms with Crippen molar-refractivity contribution >= 4 is 69.5 Å². The number of amides is 4. The number of para-hydroxylation sites is 1. The fourth-order valence-electron chi connectivity index (χ4n) is 6.20. The van der Waals surface area contributed by atoms with Crippen molar-refractivity contribution in [1.29, 1.82) is 0 Å². The van der Waals surface area contributed by atoms with Crippen LogP contribution in [0.15, 0.2) is 70.8 Å². The quantitative estimate of drug-likeness (QED) is 0.137. The van der Waals surface area contributed by atoms with Crippen molar-refractivity contribution in [2.75, 3.05) is 20.6 Å². The molecular formula is C37H44Cl2N8O4S. The third-order valence-corrected chi connectivity index (χ3v) is 11.0. The van der Waals surface area contributed by atoms with Crippen molar-refractivity contribution in [2.45, 2.75) is 79.7 Å². The number of likely N-dealkylation sites (N-methyl/N-ethyl adjacent to an activating group) is 1. The van der Waals surface area contributed by atoms with Gasteiger partial charge in [-0.25, -0.2) is 4.98 Å². The minimum absolute atomic E-state index is 0.0759. The zero-order valence-corrected chi connectivity index (χ0v) is 31.5. The van der Waals surface area contributed by atoms with Gasteiger partial charge >= 0.3 is 0 Å². The van der Waals surface area contributed by atoms with Gasteiger partial charge in [0.2, 0.25) is 23.6 Å². The van der Waals surface area contributed by atoms with Gasteiger partial charge in [0.05, 0.1) is 11.1 Å². The second-order valence-electron chi connectivity index (χ2n) is 12.7. The lowest BCUT2D eigenvalue weighted by Crippen LogP contribution is -2.57. The molecule has 0 unspecified atom stereocenters. The highest BCUT2D eigenvalue weighted by atomic mass is 35.5. The summed E-state index contributed by atoms with van der Waals surface area (Å²) >= 11 is 14.6. The van der Waals surface area contributed by atoms with E-state index in [1.165, 1.54) is 23.7 Å². The third-order valence-electron chi connectivity index (χ3n) is 9.15. The lowest BCUT2D eigenvalue weighted by Gasteiger charge is -2.32. The molecule has 276 valence electrons. The summed E-state index contributed by atoms with van der Waals surface area (Å²) in [6.45, 7) is 0.734. The van der Waals surface area contributed by atoms with Crippen LogP contribution in [0.4, 0.5) is 0 Å². The lowest BCUT2D eigenvalue weighted by atomic mass is 10.0. The van der Waals surface area contributed by atoms with Gasteiger partial charge in [-0.3, -0.25) is 19.2 Å². The predicted molar refractivity (Wildman–Crippen MR) is 204 cm³/mol. The van der Waals surface area contributed by atoms with E-state index in [-0.39, 0.29) is 38.3 Å². The Morgan fingerprint density at radius 1 is 1.02 bits per heavy atom. The zero-order valence-electron chi connectivity index (χ0n) is 29.1. The van der Waals surface area contributed by atoms with Crippen LogP contribution in [0.5, 0.6) is 0 Å². The molecule has 4 aromatic rings. The van der Waals surface area contributed by atoms with Gasteiger partial charge < -0.3 is 36.9 Å². The van der Waals surface area contributed by atoms with Gasteiger partial charge in [0, 0.05) is 73.2 Å². The highest BCUT2D eigenvalue weighted by molar-refractivity contribution is 7.99. The SMILES string of the molecule is CNC(=O)CC[C@@H]1NCc2cccnc2Sc2c(Cl)cc(Cl)cc2CNC(=O)[C@H](Cc2c[nH]c3ccccc23)N(C)C(=O)[C@H](CCCCN)NC1=O. The first kappa shape index (κ1) is 39.1. The molecule has 1 aliphatic rings. The molecular weight excluding hydrogens is 723 g/mol. The monoisotopic (exact) mass is 766 g/mol. The second-order valence-corrected chi connectivity index (χ2v) is 14.5. The lowest BCUT2D eigenvalue weighted by molar-refractivity contribution is -0.142. The van der Waals surface area contributed by atoms with Crippen molar-refractivity contribution < 1.29 is 19.2 Å². The van der Waals surface area contributed by atoms with Gasteiger partial charge in [0.15, 0.2) is 0 Å². The Balaban J connectivity index is 1.58. The summed E-state index contributed by atoms with van der Waals surface area (Å²) in [5, 5.41) is 14.3. The first-order valence-corrected chi connectivity index (χ1v) is 18.8. The normalized spacial score (nSPS) is 19.0. The number of hydrogen-bond donors (Lipinski definition) is 6. The Morgan fingerprint density at radius 3 is 2.62 bits per heavy atom. The van der Waals surface area contributed by atoms with Crippen LogP contribution in [0.2, 0.25) is 10.0 Å². The van der Waals surface area contributed by atoms with Crippen molar-refractivity contribution in [2.24, 2.45) is 5.73 Å². The van der Waals surface area contributed by atoms with Crippen molar-refractivity contribution in [1.82, 2.24) is 36.1 Å². The number of fused-ring (bicyclic) bond motifs is 3. The van der Waals surface area contributed by atoms with E-state index in [2.05, 4.69) is 31.2 Å². The first-order valence-electron chi connectivity index (χ1n) is 17.2. The molecule has 52 heavy (non-hydrogen) atoms. The molecule has 7 N–H and O–H groups in total. The number of halogens is 2. The average molecular weight is 768 g/mol. The molecule has 2 aromatic carbocycles. The molecule has 1 aliphatic heterocycles. The molecule has 3 atom stereocenters. The van der Waals surface area contributed by atoms with Crippen LogP contribution in [-0.2, 0) is 38.7 Å². The molecule has 15 heteroatoms. The highest BCUT2D eigenvalue weighted by Gasteiger charge is 2.34. The number of nitrogens with one attached hydrogen (secondary N) is 5. The van der Waals surface area contributed by atoms with Crippen molar-refractivity contribution in [3.63, 3.8) is 0 Å². The molecule has 4 amide bonds. The van der Waals surface area contributed by atoms with Crippen LogP contribution in [0.25, 0.3) is 10.9 Å². The van der Waals surface area contributed by atoms with Crippen LogP contribution in [0.3, 0.4) is 0 Å². The summed E-state index contributed by atoms with van der Waals surface area (Å²) in [7, 11) is 3.12. The van der Waals surface area contributed by atoms with E-state index in [4.69, 9.17) is 28.9 Å². The molecule has 2 aromatic heterocycles. The van der Waals surface area contributed by atoms with E-state index in [1.807, 2.05) is 36.5 Å². The Labute approximate surface area is 317 Å². The predicted octanol–water partition coefficient (Wildman–Crippen LogP) is 4.32. The number of rotatable bonds is 9. The van der Waals surface area contributed by atoms with Gasteiger partial charge in [-0.05, 0) is 73.2 Å². The third kappa shape index (κ3) is 9.84. The minimum Gasteiger partial charge on any atom is -0.361 e. The van der Waals surface area contributed by atoms with Crippen LogP contribution in [0.1, 0.15) is 48.8 Å². The van der Waals surface area contributed by atoms with Gasteiger partial charge in [-0.2, -0.15) is 0 Å². The molecule has 3 heterocycles. The number of aromatic amines is 1. The molecule has 0 spiro atoms. The first-order chi connectivity index (χ1) is 25.1. The number of nitrogens with two attached hydrogens (primary N) is 1. The molecule has 0 fully saturated rings. The summed E-state index contributed by atoms with van der Waals surface area (Å²) in [6.07, 6.45) is 5.50. The van der Waals surface area contributed by atoms with E-state index in [0.29, 0.717) is 51.3 Å². The number of unbranched alkanes of at least 4 members (excludes halogenated alkanes) is 1. The van der Waals surface area contributed by atoms with Crippen LogP contribution in [-0.4, -0.2) is 77.3 Å². The number of nitrogens with zero attached hydrogens (tertiary/aromatic N) is 2. The minimum atomic E-state index is -0.954. The summed E-state index contributed by atoms with van der Waals surface area (Å²) in [6, 6.07) is 12.1. The summed E-state index contributed by atoms with van der Waals surface area (Å²) in [5.41, 5.74) is 9.00. The smallest absolute Gasteiger partial charge is 0.245 e. The topological polar surface area (TPSA) is 174 Å². The molecule has 0 aliphatic carbocycles. The Morgan fingerprint density at radius 2 is 1.83 bits per heavy atom. The summed E-state index contributed by atoms with van der Waals surface area (Å²) < 4.78 is 0. The number of pyridine rings is 1. The maximum Gasteiger partial charge on any atom is 0.245 e. The zero-order chi connectivity index (χ0) is 37.2. The fourth-order valence-corrected chi connectivity index (χ4v) is 7.85. The van der Waals surface area contributed by atoms with E-state index in [0.717, 1.165) is 22.0 Å². The number of H-pyrrole nitrogens is 1. The Kier molecular flexibility index (Phi) is 14.0. The van der Waals surface area contributed by atoms with Gasteiger partial charge in [0.1, 0.15) is 17.1 Å². The Bertz CT molecular complexity index is 1910. The molecule has 12 nitrogen and oxygen atoms in total. The van der Waals surface area contributed by atoms with Crippen LogP contribution in [0, 0.1) is 0 Å². The van der Waals surface area contributed by atoms with Crippen LogP contribution >= 0.6 is 35.0 Å². The van der Waals surface area contributed by atoms with E-state index in [9.17, 15) is 19.2 Å². The fraction of sp³-hybridized carbons (Fsp3) is 0.378. The molecule has 5 rings (SSSR count). The number of carbonyl (C=O) groups is 4. The van der Waals surface area contributed by atoms with E-state index >= 15 is 0 Å². The molecule has 0 radical (unpaired) electrons. The van der Waals surface area contributed by atoms with E-state index < -0.39 is 35.8 Å². The van der Waals surface area contributed by atoms with Gasteiger partial charge in [0.25, 0.3) is 0 Å². The largest absolute Gasteiger partial charge is 0.361 e. The second kappa shape index (κ2) is 18.6.